The Bertz CT molecular complexity index is 764. The van der Waals surface area contributed by atoms with E-state index >= 15 is 0 Å². The number of benzene rings is 1. The molecule has 1 aromatic carbocycles. The number of nitrogens with one attached hydrogen (secondary N) is 2. The van der Waals surface area contributed by atoms with Gasteiger partial charge in [-0.3, -0.25) is 4.68 Å². The third-order valence-corrected chi connectivity index (χ3v) is 4.71. The maximum Gasteiger partial charge on any atom is 0.191 e. The van der Waals surface area contributed by atoms with Crippen molar-refractivity contribution < 1.29 is 0 Å². The van der Waals surface area contributed by atoms with Crippen LogP contribution in [0.1, 0.15) is 54.4 Å². The Hall–Kier alpha value is -1.57. The monoisotopic (exact) mass is 483 g/mol. The summed E-state index contributed by atoms with van der Waals surface area (Å²) < 4.78 is 2.01. The van der Waals surface area contributed by atoms with Gasteiger partial charge in [-0.05, 0) is 44.7 Å². The first kappa shape index (κ1) is 23.5. The zero-order valence-electron chi connectivity index (χ0n) is 17.5. The van der Waals surface area contributed by atoms with Gasteiger partial charge in [0.25, 0.3) is 0 Å². The molecular formula is C21H34IN5. The molecule has 0 bridgehead atoms. The Balaban J connectivity index is 0.00000364. The van der Waals surface area contributed by atoms with Crippen LogP contribution in [0.3, 0.4) is 0 Å². The Labute approximate surface area is 181 Å². The highest BCUT2D eigenvalue weighted by Crippen LogP contribution is 2.15. The number of nitrogens with zero attached hydrogens (tertiary/aromatic N) is 3. The topological polar surface area (TPSA) is 54.2 Å². The molecule has 0 saturated heterocycles. The summed E-state index contributed by atoms with van der Waals surface area (Å²) in [6.07, 6.45) is 1.93. The van der Waals surface area contributed by atoms with Gasteiger partial charge < -0.3 is 10.6 Å². The molecule has 0 saturated carbocycles. The van der Waals surface area contributed by atoms with Crippen LogP contribution in [0.2, 0.25) is 0 Å². The molecular weight excluding hydrogens is 449 g/mol. The predicted octanol–water partition coefficient (Wildman–Crippen LogP) is 4.04. The maximum absolute atomic E-state index is 4.77. The van der Waals surface area contributed by atoms with Gasteiger partial charge in [-0.2, -0.15) is 5.10 Å². The van der Waals surface area contributed by atoms with E-state index in [1.807, 2.05) is 11.7 Å². The summed E-state index contributed by atoms with van der Waals surface area (Å²) in [6.45, 7) is 13.0. The van der Waals surface area contributed by atoms with Gasteiger partial charge in [0.05, 0.1) is 12.2 Å². The lowest BCUT2D eigenvalue weighted by atomic mass is 10.1. The third-order valence-electron chi connectivity index (χ3n) is 4.71. The summed E-state index contributed by atoms with van der Waals surface area (Å²) >= 11 is 0. The van der Waals surface area contributed by atoms with Gasteiger partial charge in [0, 0.05) is 31.4 Å². The van der Waals surface area contributed by atoms with Crippen LogP contribution in [0.15, 0.2) is 23.2 Å². The maximum atomic E-state index is 4.77. The van der Waals surface area contributed by atoms with Crippen molar-refractivity contribution >= 4 is 29.9 Å². The number of rotatable bonds is 7. The molecule has 5 nitrogen and oxygen atoms in total. The van der Waals surface area contributed by atoms with E-state index in [9.17, 15) is 0 Å². The number of aryl methyl sites for hydroxylation is 4. The molecule has 0 radical (unpaired) electrons. The van der Waals surface area contributed by atoms with Crippen molar-refractivity contribution in [2.45, 2.75) is 60.5 Å². The lowest BCUT2D eigenvalue weighted by molar-refractivity contribution is 0.702. The molecule has 150 valence electrons. The molecule has 0 aliphatic heterocycles. The molecule has 0 spiro atoms. The quantitative estimate of drug-likeness (QED) is 0.355. The van der Waals surface area contributed by atoms with Gasteiger partial charge in [0.15, 0.2) is 5.96 Å². The van der Waals surface area contributed by atoms with Crippen LogP contribution in [0.4, 0.5) is 0 Å². The summed E-state index contributed by atoms with van der Waals surface area (Å²) in [5, 5.41) is 11.5. The largest absolute Gasteiger partial charge is 0.357 e. The summed E-state index contributed by atoms with van der Waals surface area (Å²) in [7, 11) is 2.03. The summed E-state index contributed by atoms with van der Waals surface area (Å²) in [5.74, 6) is 0.848. The molecule has 27 heavy (non-hydrogen) atoms. The van der Waals surface area contributed by atoms with Crippen LogP contribution in [0, 0.1) is 13.8 Å². The summed E-state index contributed by atoms with van der Waals surface area (Å²) in [4.78, 5) is 4.77. The van der Waals surface area contributed by atoms with E-state index in [2.05, 4.69) is 68.6 Å². The number of hydrogen-bond acceptors (Lipinski definition) is 2. The Morgan fingerprint density at radius 3 is 2.44 bits per heavy atom. The van der Waals surface area contributed by atoms with Crippen molar-refractivity contribution in [1.29, 1.82) is 0 Å². The normalized spacial score (nSPS) is 11.3. The lowest BCUT2D eigenvalue weighted by Crippen LogP contribution is -2.37. The average Bonchev–Trinajstić information content (AvgIpc) is 2.93. The number of hydrogen-bond donors (Lipinski definition) is 2. The van der Waals surface area contributed by atoms with Crippen molar-refractivity contribution in [3.8, 4) is 0 Å². The molecule has 0 amide bonds. The van der Waals surface area contributed by atoms with E-state index in [1.54, 1.807) is 0 Å². The Kier molecular flexibility index (Phi) is 9.83. The van der Waals surface area contributed by atoms with E-state index in [-0.39, 0.29) is 24.0 Å². The molecule has 1 heterocycles. The highest BCUT2D eigenvalue weighted by Gasteiger charge is 2.13. The molecule has 0 aliphatic carbocycles. The fourth-order valence-corrected chi connectivity index (χ4v) is 3.30. The Morgan fingerprint density at radius 1 is 1.11 bits per heavy atom. The minimum Gasteiger partial charge on any atom is -0.357 e. The number of guanidine groups is 1. The molecule has 0 fully saturated rings. The summed E-state index contributed by atoms with van der Waals surface area (Å²) in [5.41, 5.74) is 7.60. The first-order chi connectivity index (χ1) is 12.5. The highest BCUT2D eigenvalue weighted by atomic mass is 127. The number of aromatic nitrogens is 2. The molecule has 0 atom stereocenters. The number of halogens is 1. The van der Waals surface area contributed by atoms with E-state index in [0.717, 1.165) is 31.9 Å². The molecule has 2 rings (SSSR count). The van der Waals surface area contributed by atoms with Gasteiger partial charge in [-0.15, -0.1) is 24.0 Å². The fourth-order valence-electron chi connectivity index (χ4n) is 3.30. The molecule has 2 N–H and O–H groups in total. The fraction of sp³-hybridized carbons (Fsp3) is 0.524. The van der Waals surface area contributed by atoms with Crippen LogP contribution in [-0.2, 0) is 33.0 Å². The molecule has 1 aromatic heterocycles. The van der Waals surface area contributed by atoms with Crippen LogP contribution >= 0.6 is 24.0 Å². The number of aliphatic imine (C=N–C) groups is 1. The zero-order chi connectivity index (χ0) is 19.1. The van der Waals surface area contributed by atoms with Crippen molar-refractivity contribution in [2.24, 2.45) is 12.0 Å². The summed E-state index contributed by atoms with van der Waals surface area (Å²) in [6, 6.07) is 6.53. The first-order valence-corrected chi connectivity index (χ1v) is 9.61. The SMILES string of the molecule is CCNC(=NCc1ccc(C)cc1C)NCc1c(CC)nn(C)c1CC.I. The van der Waals surface area contributed by atoms with Gasteiger partial charge in [-0.1, -0.05) is 37.6 Å². The van der Waals surface area contributed by atoms with Crippen LogP contribution in [0.5, 0.6) is 0 Å². The molecule has 0 unspecified atom stereocenters. The second-order valence-electron chi connectivity index (χ2n) is 6.68. The van der Waals surface area contributed by atoms with Crippen molar-refractivity contribution in [2.75, 3.05) is 6.54 Å². The van der Waals surface area contributed by atoms with Crippen molar-refractivity contribution in [3.63, 3.8) is 0 Å². The van der Waals surface area contributed by atoms with Crippen LogP contribution < -0.4 is 10.6 Å². The minimum absolute atomic E-state index is 0. The minimum atomic E-state index is 0. The van der Waals surface area contributed by atoms with Gasteiger partial charge >= 0.3 is 0 Å². The van der Waals surface area contributed by atoms with Gasteiger partial charge in [-0.25, -0.2) is 4.99 Å². The Morgan fingerprint density at radius 2 is 1.85 bits per heavy atom. The van der Waals surface area contributed by atoms with Gasteiger partial charge in [0.1, 0.15) is 0 Å². The standard InChI is InChI=1S/C21H33N5.HI/c1-7-19-18(20(8-2)26(6)25-19)14-24-21(22-9-3)23-13-17-11-10-15(4)12-16(17)5;/h10-12H,7-9,13-14H2,1-6H3,(H2,22,23,24);1H. The van der Waals surface area contributed by atoms with E-state index in [0.29, 0.717) is 6.54 Å². The van der Waals surface area contributed by atoms with E-state index in [4.69, 9.17) is 4.99 Å². The van der Waals surface area contributed by atoms with Crippen molar-refractivity contribution in [1.82, 2.24) is 20.4 Å². The van der Waals surface area contributed by atoms with E-state index < -0.39 is 0 Å². The highest BCUT2D eigenvalue weighted by molar-refractivity contribution is 14.0. The van der Waals surface area contributed by atoms with Gasteiger partial charge in [0.2, 0.25) is 0 Å². The zero-order valence-corrected chi connectivity index (χ0v) is 19.8. The molecule has 2 aromatic rings. The average molecular weight is 483 g/mol. The first-order valence-electron chi connectivity index (χ1n) is 9.61. The predicted molar refractivity (Wildman–Crippen MR) is 125 cm³/mol. The van der Waals surface area contributed by atoms with Crippen LogP contribution in [-0.4, -0.2) is 22.3 Å². The second-order valence-corrected chi connectivity index (χ2v) is 6.68. The molecule has 6 heteroatoms. The van der Waals surface area contributed by atoms with E-state index in [1.165, 1.54) is 33.6 Å². The molecule has 0 aliphatic rings. The lowest BCUT2D eigenvalue weighted by Gasteiger charge is -2.13. The third kappa shape index (κ3) is 6.23. The smallest absolute Gasteiger partial charge is 0.191 e. The second kappa shape index (κ2) is 11.3. The van der Waals surface area contributed by atoms with Crippen molar-refractivity contribution in [3.05, 3.63) is 51.8 Å². The van der Waals surface area contributed by atoms with Crippen LogP contribution in [0.25, 0.3) is 0 Å².